The quantitative estimate of drug-likeness (QED) is 0.528. The second-order valence-electron chi connectivity index (χ2n) is 5.31. The Morgan fingerprint density at radius 2 is 1.88 bits per heavy atom. The first-order chi connectivity index (χ1) is 11.7. The van der Waals surface area contributed by atoms with Gasteiger partial charge in [0.1, 0.15) is 5.75 Å². The van der Waals surface area contributed by atoms with Crippen LogP contribution in [0.3, 0.4) is 0 Å². The van der Waals surface area contributed by atoms with Gasteiger partial charge in [-0.3, -0.25) is 0 Å². The lowest BCUT2D eigenvalue weighted by molar-refractivity contribution is 0.415. The van der Waals surface area contributed by atoms with Crippen molar-refractivity contribution in [2.75, 3.05) is 12.4 Å². The van der Waals surface area contributed by atoms with Gasteiger partial charge in [-0.1, -0.05) is 23.5 Å². The van der Waals surface area contributed by atoms with Crippen LogP contribution >= 0.6 is 22.7 Å². The van der Waals surface area contributed by atoms with Crippen LogP contribution in [0.25, 0.3) is 21.5 Å². The SMILES string of the molecule is COc1ccc2nc(Nc3ccc(-c4csc(C)n4)cc3)sc2c1. The van der Waals surface area contributed by atoms with Gasteiger partial charge in [-0.05, 0) is 37.3 Å². The zero-order chi connectivity index (χ0) is 16.5. The summed E-state index contributed by atoms with van der Waals surface area (Å²) < 4.78 is 6.36. The number of ether oxygens (including phenoxy) is 1. The molecule has 2 aromatic heterocycles. The first-order valence-corrected chi connectivity index (χ1v) is 9.15. The molecule has 120 valence electrons. The highest BCUT2D eigenvalue weighted by molar-refractivity contribution is 7.22. The van der Waals surface area contributed by atoms with Crippen LogP contribution in [0.15, 0.2) is 47.8 Å². The molecular weight excluding hydrogens is 338 g/mol. The summed E-state index contributed by atoms with van der Waals surface area (Å²) in [4.78, 5) is 9.12. The summed E-state index contributed by atoms with van der Waals surface area (Å²) in [6.45, 7) is 2.02. The van der Waals surface area contributed by atoms with Crippen molar-refractivity contribution in [1.29, 1.82) is 0 Å². The van der Waals surface area contributed by atoms with Gasteiger partial charge in [0, 0.05) is 16.6 Å². The number of benzene rings is 2. The maximum Gasteiger partial charge on any atom is 0.188 e. The van der Waals surface area contributed by atoms with Crippen molar-refractivity contribution < 1.29 is 4.74 Å². The molecular formula is C18H15N3OS2. The molecule has 4 aromatic rings. The second kappa shape index (κ2) is 6.22. The minimum atomic E-state index is 0.848. The summed E-state index contributed by atoms with van der Waals surface area (Å²) in [5.41, 5.74) is 4.13. The molecule has 0 saturated heterocycles. The van der Waals surface area contributed by atoms with Crippen molar-refractivity contribution in [2.24, 2.45) is 0 Å². The average molecular weight is 353 g/mol. The molecule has 0 unspecified atom stereocenters. The van der Waals surface area contributed by atoms with Crippen molar-refractivity contribution in [3.8, 4) is 17.0 Å². The van der Waals surface area contributed by atoms with E-state index >= 15 is 0 Å². The van der Waals surface area contributed by atoms with Gasteiger partial charge >= 0.3 is 0 Å². The number of hydrogen-bond acceptors (Lipinski definition) is 6. The highest BCUT2D eigenvalue weighted by Gasteiger charge is 2.06. The summed E-state index contributed by atoms with van der Waals surface area (Å²) in [5, 5.41) is 7.40. The highest BCUT2D eigenvalue weighted by Crippen LogP contribution is 2.31. The van der Waals surface area contributed by atoms with Gasteiger partial charge in [-0.25, -0.2) is 9.97 Å². The van der Waals surface area contributed by atoms with Crippen LogP contribution in [0, 0.1) is 6.92 Å². The van der Waals surface area contributed by atoms with Crippen LogP contribution in [0.5, 0.6) is 5.75 Å². The van der Waals surface area contributed by atoms with Crippen molar-refractivity contribution >= 4 is 43.7 Å². The summed E-state index contributed by atoms with van der Waals surface area (Å²) in [7, 11) is 1.67. The predicted octanol–water partition coefficient (Wildman–Crippen LogP) is 5.48. The molecule has 24 heavy (non-hydrogen) atoms. The van der Waals surface area contributed by atoms with E-state index in [1.54, 1.807) is 29.8 Å². The summed E-state index contributed by atoms with van der Waals surface area (Å²) in [6, 6.07) is 14.2. The van der Waals surface area contributed by atoms with Gasteiger partial charge in [0.2, 0.25) is 0 Å². The molecule has 2 aromatic carbocycles. The van der Waals surface area contributed by atoms with Gasteiger partial charge in [-0.2, -0.15) is 0 Å². The number of anilines is 2. The van der Waals surface area contributed by atoms with E-state index in [1.165, 1.54) is 0 Å². The molecule has 0 aliphatic heterocycles. The number of nitrogens with one attached hydrogen (secondary N) is 1. The van der Waals surface area contributed by atoms with E-state index in [2.05, 4.69) is 44.9 Å². The number of nitrogens with zero attached hydrogens (tertiary/aromatic N) is 2. The molecule has 2 heterocycles. The van der Waals surface area contributed by atoms with Crippen molar-refractivity contribution in [2.45, 2.75) is 6.92 Å². The number of methoxy groups -OCH3 is 1. The molecule has 0 amide bonds. The van der Waals surface area contributed by atoms with Crippen LogP contribution in [0.4, 0.5) is 10.8 Å². The zero-order valence-corrected chi connectivity index (χ0v) is 14.9. The van der Waals surface area contributed by atoms with Gasteiger partial charge in [0.25, 0.3) is 0 Å². The molecule has 4 nitrogen and oxygen atoms in total. The Labute approximate surface area is 147 Å². The molecule has 0 spiro atoms. The molecule has 0 radical (unpaired) electrons. The maximum absolute atomic E-state index is 5.26. The average Bonchev–Trinajstić information content (AvgIpc) is 3.20. The fourth-order valence-corrected chi connectivity index (χ4v) is 3.97. The predicted molar refractivity (Wildman–Crippen MR) is 102 cm³/mol. The molecule has 1 N–H and O–H groups in total. The lowest BCUT2D eigenvalue weighted by Gasteiger charge is -2.03. The van der Waals surface area contributed by atoms with Crippen molar-refractivity contribution in [3.63, 3.8) is 0 Å². The standard InChI is InChI=1S/C18H15N3OS2/c1-11-19-16(10-23-11)12-3-5-13(6-4-12)20-18-21-15-8-7-14(22-2)9-17(15)24-18/h3-10H,1-2H3,(H,20,21). The summed E-state index contributed by atoms with van der Waals surface area (Å²) in [5.74, 6) is 0.848. The van der Waals surface area contributed by atoms with E-state index in [0.717, 1.165) is 43.1 Å². The Morgan fingerprint density at radius 3 is 2.58 bits per heavy atom. The maximum atomic E-state index is 5.26. The molecule has 4 rings (SSSR count). The van der Waals surface area contributed by atoms with E-state index in [0.29, 0.717) is 0 Å². The van der Waals surface area contributed by atoms with Crippen LogP contribution < -0.4 is 10.1 Å². The number of aryl methyl sites for hydroxylation is 1. The summed E-state index contributed by atoms with van der Waals surface area (Å²) in [6.07, 6.45) is 0. The number of rotatable bonds is 4. The van der Waals surface area contributed by atoms with E-state index < -0.39 is 0 Å². The van der Waals surface area contributed by atoms with Crippen LogP contribution in [-0.4, -0.2) is 17.1 Å². The van der Waals surface area contributed by atoms with Crippen molar-refractivity contribution in [3.05, 3.63) is 52.9 Å². The number of fused-ring (bicyclic) bond motifs is 1. The monoisotopic (exact) mass is 353 g/mol. The topological polar surface area (TPSA) is 47.0 Å². The fraction of sp³-hybridized carbons (Fsp3) is 0.111. The van der Waals surface area contributed by atoms with Crippen LogP contribution in [-0.2, 0) is 0 Å². The van der Waals surface area contributed by atoms with Crippen LogP contribution in [0.2, 0.25) is 0 Å². The summed E-state index contributed by atoms with van der Waals surface area (Å²) >= 11 is 3.28. The fourth-order valence-electron chi connectivity index (χ4n) is 2.43. The molecule has 6 heteroatoms. The minimum Gasteiger partial charge on any atom is -0.497 e. The first-order valence-electron chi connectivity index (χ1n) is 7.45. The van der Waals surface area contributed by atoms with E-state index in [-0.39, 0.29) is 0 Å². The third-order valence-electron chi connectivity index (χ3n) is 3.65. The normalized spacial score (nSPS) is 10.9. The smallest absolute Gasteiger partial charge is 0.188 e. The first kappa shape index (κ1) is 15.1. The molecule has 0 aliphatic carbocycles. The molecule has 0 bridgehead atoms. The van der Waals surface area contributed by atoms with Gasteiger partial charge in [-0.15, -0.1) is 11.3 Å². The van der Waals surface area contributed by atoms with E-state index in [9.17, 15) is 0 Å². The number of hydrogen-bond donors (Lipinski definition) is 1. The van der Waals surface area contributed by atoms with Gasteiger partial charge in [0.15, 0.2) is 5.13 Å². The Bertz CT molecular complexity index is 989. The minimum absolute atomic E-state index is 0.848. The van der Waals surface area contributed by atoms with E-state index in [4.69, 9.17) is 4.74 Å². The Hall–Kier alpha value is -2.44. The lowest BCUT2D eigenvalue weighted by Crippen LogP contribution is -1.89. The van der Waals surface area contributed by atoms with Gasteiger partial charge in [0.05, 0.1) is 28.0 Å². The zero-order valence-electron chi connectivity index (χ0n) is 13.2. The Kier molecular flexibility index (Phi) is 3.92. The number of thiazole rings is 2. The van der Waals surface area contributed by atoms with Gasteiger partial charge < -0.3 is 10.1 Å². The molecule has 0 saturated carbocycles. The molecule has 0 aliphatic rings. The molecule has 0 fully saturated rings. The number of aromatic nitrogens is 2. The Morgan fingerprint density at radius 1 is 1.04 bits per heavy atom. The van der Waals surface area contributed by atoms with Crippen molar-refractivity contribution in [1.82, 2.24) is 9.97 Å². The largest absolute Gasteiger partial charge is 0.497 e. The van der Waals surface area contributed by atoms with E-state index in [1.807, 2.05) is 25.1 Å². The third-order valence-corrected chi connectivity index (χ3v) is 5.35. The lowest BCUT2D eigenvalue weighted by atomic mass is 10.1. The third kappa shape index (κ3) is 2.98. The molecule has 0 atom stereocenters. The van der Waals surface area contributed by atoms with Crippen LogP contribution in [0.1, 0.15) is 5.01 Å². The Balaban J connectivity index is 1.56. The second-order valence-corrected chi connectivity index (χ2v) is 7.40. The highest BCUT2D eigenvalue weighted by atomic mass is 32.1.